The third kappa shape index (κ3) is 1.58. The monoisotopic (exact) mass is 181 g/mol. The highest BCUT2D eigenvalue weighted by Gasteiger charge is 2.41. The van der Waals surface area contributed by atoms with Crippen LogP contribution < -0.4 is 0 Å². The van der Waals surface area contributed by atoms with E-state index in [1.807, 2.05) is 4.57 Å². The van der Waals surface area contributed by atoms with Gasteiger partial charge in [0.25, 0.3) is 0 Å². The Kier molecular flexibility index (Phi) is 2.07. The molecule has 1 N–H and O–H groups in total. The van der Waals surface area contributed by atoms with E-state index in [2.05, 4.69) is 17.1 Å². The summed E-state index contributed by atoms with van der Waals surface area (Å²) in [6.45, 7) is 3.17. The lowest BCUT2D eigenvalue weighted by atomic mass is 10.0. The van der Waals surface area contributed by atoms with E-state index in [1.54, 1.807) is 6.33 Å². The molecular weight excluding hydrogens is 166 g/mol. The van der Waals surface area contributed by atoms with Crippen molar-refractivity contribution < 1.29 is 5.11 Å². The van der Waals surface area contributed by atoms with Gasteiger partial charge in [-0.15, -0.1) is 10.2 Å². The summed E-state index contributed by atoms with van der Waals surface area (Å²) in [5, 5.41) is 16.6. The van der Waals surface area contributed by atoms with E-state index in [0.29, 0.717) is 11.2 Å². The highest BCUT2D eigenvalue weighted by atomic mass is 16.3. The summed E-state index contributed by atoms with van der Waals surface area (Å²) in [5.74, 6) is 0.680. The fraction of sp³-hybridized carbons (Fsp3) is 0.778. The number of aliphatic hydroxyl groups is 1. The summed E-state index contributed by atoms with van der Waals surface area (Å²) in [5.41, 5.74) is 0.478. The lowest BCUT2D eigenvalue weighted by Crippen LogP contribution is -2.12. The maximum absolute atomic E-state index is 8.97. The minimum absolute atomic E-state index is 0.0141. The third-order valence-corrected chi connectivity index (χ3v) is 3.05. The molecule has 1 saturated carbocycles. The van der Waals surface area contributed by atoms with Crippen molar-refractivity contribution in [2.75, 3.05) is 0 Å². The van der Waals surface area contributed by atoms with E-state index in [9.17, 15) is 0 Å². The van der Waals surface area contributed by atoms with Crippen molar-refractivity contribution in [3.05, 3.63) is 12.2 Å². The normalized spacial score (nSPS) is 18.9. The summed E-state index contributed by atoms with van der Waals surface area (Å²) >= 11 is 0. The predicted molar refractivity (Wildman–Crippen MR) is 47.9 cm³/mol. The number of aromatic nitrogens is 3. The summed E-state index contributed by atoms with van der Waals surface area (Å²) in [7, 11) is 0. The van der Waals surface area contributed by atoms with Crippen molar-refractivity contribution in [1.29, 1.82) is 0 Å². The number of hydrogen-bond acceptors (Lipinski definition) is 3. The molecule has 4 nitrogen and oxygen atoms in total. The maximum atomic E-state index is 8.97. The minimum Gasteiger partial charge on any atom is -0.388 e. The van der Waals surface area contributed by atoms with Gasteiger partial charge < -0.3 is 9.67 Å². The molecule has 0 aromatic carbocycles. The summed E-state index contributed by atoms with van der Waals surface area (Å²) in [4.78, 5) is 0. The number of hydrogen-bond donors (Lipinski definition) is 1. The van der Waals surface area contributed by atoms with E-state index in [4.69, 9.17) is 5.11 Å². The zero-order valence-corrected chi connectivity index (χ0v) is 7.90. The Bertz CT molecular complexity index is 291. The lowest BCUT2D eigenvalue weighted by Gasteiger charge is -2.13. The molecule has 2 rings (SSSR count). The van der Waals surface area contributed by atoms with E-state index in [-0.39, 0.29) is 6.61 Å². The van der Waals surface area contributed by atoms with Gasteiger partial charge in [-0.3, -0.25) is 0 Å². The van der Waals surface area contributed by atoms with E-state index in [0.717, 1.165) is 6.54 Å². The van der Waals surface area contributed by atoms with Gasteiger partial charge >= 0.3 is 0 Å². The van der Waals surface area contributed by atoms with Crippen LogP contribution in [0.15, 0.2) is 6.33 Å². The molecule has 0 radical (unpaired) electrons. The van der Waals surface area contributed by atoms with Crippen molar-refractivity contribution in [1.82, 2.24) is 14.8 Å². The topological polar surface area (TPSA) is 50.9 Å². The van der Waals surface area contributed by atoms with Gasteiger partial charge in [0, 0.05) is 6.54 Å². The van der Waals surface area contributed by atoms with Crippen LogP contribution in [-0.4, -0.2) is 19.9 Å². The van der Waals surface area contributed by atoms with Gasteiger partial charge in [0.2, 0.25) is 0 Å². The number of nitrogens with zero attached hydrogens (tertiary/aromatic N) is 3. The fourth-order valence-electron chi connectivity index (χ4n) is 1.70. The van der Waals surface area contributed by atoms with Gasteiger partial charge in [0.1, 0.15) is 12.9 Å². The Morgan fingerprint density at radius 3 is 2.92 bits per heavy atom. The fourth-order valence-corrected chi connectivity index (χ4v) is 1.70. The summed E-state index contributed by atoms with van der Waals surface area (Å²) in [6, 6.07) is 0. The quantitative estimate of drug-likeness (QED) is 0.752. The molecule has 1 aromatic heterocycles. The van der Waals surface area contributed by atoms with Crippen LogP contribution in [-0.2, 0) is 13.2 Å². The van der Waals surface area contributed by atoms with Crippen LogP contribution in [0.2, 0.25) is 0 Å². The van der Waals surface area contributed by atoms with Gasteiger partial charge in [0.05, 0.1) is 0 Å². The van der Waals surface area contributed by atoms with Crippen LogP contribution in [0.5, 0.6) is 0 Å². The highest BCUT2D eigenvalue weighted by molar-refractivity contribution is 4.95. The molecule has 13 heavy (non-hydrogen) atoms. The Morgan fingerprint density at radius 2 is 2.38 bits per heavy atom. The Balaban J connectivity index is 2.09. The van der Waals surface area contributed by atoms with E-state index in [1.165, 1.54) is 19.3 Å². The van der Waals surface area contributed by atoms with E-state index < -0.39 is 0 Å². The molecule has 1 fully saturated rings. The van der Waals surface area contributed by atoms with Crippen molar-refractivity contribution in [2.45, 2.75) is 39.3 Å². The van der Waals surface area contributed by atoms with Crippen LogP contribution in [0.4, 0.5) is 0 Å². The second kappa shape index (κ2) is 3.10. The SMILES string of the molecule is CCC1(Cn2cnnc2CO)CC1. The van der Waals surface area contributed by atoms with Crippen LogP contribution in [0.1, 0.15) is 32.0 Å². The first kappa shape index (κ1) is 8.69. The van der Waals surface area contributed by atoms with Gasteiger partial charge in [-0.1, -0.05) is 6.92 Å². The van der Waals surface area contributed by atoms with Gasteiger partial charge in [0.15, 0.2) is 5.82 Å². The molecule has 0 saturated heterocycles. The molecule has 72 valence electrons. The van der Waals surface area contributed by atoms with Crippen LogP contribution in [0.3, 0.4) is 0 Å². The molecule has 0 bridgehead atoms. The van der Waals surface area contributed by atoms with Crippen molar-refractivity contribution >= 4 is 0 Å². The van der Waals surface area contributed by atoms with Gasteiger partial charge in [-0.2, -0.15) is 0 Å². The molecule has 4 heteroatoms. The molecule has 1 aromatic rings. The summed E-state index contributed by atoms with van der Waals surface area (Å²) in [6.07, 6.45) is 5.51. The zero-order valence-electron chi connectivity index (χ0n) is 7.90. The average Bonchev–Trinajstić information content (AvgIpc) is 2.78. The smallest absolute Gasteiger partial charge is 0.158 e. The largest absolute Gasteiger partial charge is 0.388 e. The molecule has 0 amide bonds. The molecule has 1 heterocycles. The maximum Gasteiger partial charge on any atom is 0.158 e. The molecule has 0 unspecified atom stereocenters. The molecular formula is C9H15N3O. The standard InChI is InChI=1S/C9H15N3O/c1-2-9(3-4-9)6-12-7-10-11-8(12)5-13/h7,13H,2-6H2,1H3. The van der Waals surface area contributed by atoms with Crippen LogP contribution >= 0.6 is 0 Å². The molecule has 0 spiro atoms. The number of aliphatic hydroxyl groups excluding tert-OH is 1. The summed E-state index contributed by atoms with van der Waals surface area (Å²) < 4.78 is 1.97. The molecule has 1 aliphatic rings. The highest BCUT2D eigenvalue weighted by Crippen LogP contribution is 2.49. The van der Waals surface area contributed by atoms with Crippen LogP contribution in [0, 0.1) is 5.41 Å². The molecule has 0 aliphatic heterocycles. The first-order valence-corrected chi connectivity index (χ1v) is 4.77. The minimum atomic E-state index is -0.0141. The Morgan fingerprint density at radius 1 is 1.62 bits per heavy atom. The molecule has 0 atom stereocenters. The molecule has 1 aliphatic carbocycles. The Hall–Kier alpha value is -0.900. The second-order valence-corrected chi connectivity index (χ2v) is 3.89. The zero-order chi connectivity index (χ0) is 9.31. The van der Waals surface area contributed by atoms with E-state index >= 15 is 0 Å². The first-order valence-electron chi connectivity index (χ1n) is 4.77. The van der Waals surface area contributed by atoms with Crippen molar-refractivity contribution in [2.24, 2.45) is 5.41 Å². The van der Waals surface area contributed by atoms with Crippen molar-refractivity contribution in [3.8, 4) is 0 Å². The second-order valence-electron chi connectivity index (χ2n) is 3.89. The lowest BCUT2D eigenvalue weighted by molar-refractivity contribution is 0.259. The predicted octanol–water partition coefficient (Wildman–Crippen LogP) is 0.961. The average molecular weight is 181 g/mol. The van der Waals surface area contributed by atoms with Crippen molar-refractivity contribution in [3.63, 3.8) is 0 Å². The number of rotatable bonds is 4. The van der Waals surface area contributed by atoms with Crippen LogP contribution in [0.25, 0.3) is 0 Å². The van der Waals surface area contributed by atoms with Gasteiger partial charge in [-0.25, -0.2) is 0 Å². The first-order chi connectivity index (χ1) is 6.29. The van der Waals surface area contributed by atoms with Gasteiger partial charge in [-0.05, 0) is 24.7 Å². The Labute approximate surface area is 77.6 Å². The third-order valence-electron chi connectivity index (χ3n) is 3.05.